The van der Waals surface area contributed by atoms with Crippen LogP contribution in [0.3, 0.4) is 0 Å². The van der Waals surface area contributed by atoms with Gasteiger partial charge in [-0.25, -0.2) is 4.98 Å². The van der Waals surface area contributed by atoms with Gasteiger partial charge in [0.25, 0.3) is 5.91 Å². The van der Waals surface area contributed by atoms with Crippen LogP contribution < -0.4 is 26.0 Å². The van der Waals surface area contributed by atoms with Crippen molar-refractivity contribution in [2.45, 2.75) is 20.3 Å². The number of ether oxygens (including phenoxy) is 2. The minimum Gasteiger partial charge on any atom is -0.437 e. The number of carbonyl (C=O) groups is 2. The summed E-state index contributed by atoms with van der Waals surface area (Å²) in [6, 6.07) is 12.9. The van der Waals surface area contributed by atoms with Gasteiger partial charge in [-0.1, -0.05) is 19.6 Å². The number of morpholine rings is 1. The van der Waals surface area contributed by atoms with Gasteiger partial charge in [0.05, 0.1) is 13.2 Å². The van der Waals surface area contributed by atoms with Crippen molar-refractivity contribution in [1.29, 1.82) is 0 Å². The number of nitrogens with one attached hydrogen (secondary N) is 2. The van der Waals surface area contributed by atoms with E-state index in [9.17, 15) is 9.59 Å². The van der Waals surface area contributed by atoms with Gasteiger partial charge in [0.1, 0.15) is 11.4 Å². The molecule has 0 bridgehead atoms. The van der Waals surface area contributed by atoms with Gasteiger partial charge in [-0.2, -0.15) is 4.98 Å². The van der Waals surface area contributed by atoms with E-state index >= 15 is 0 Å². The fourth-order valence-corrected chi connectivity index (χ4v) is 3.90. The first kappa shape index (κ1) is 25.6. The highest BCUT2D eigenvalue weighted by atomic mass is 16.5. The molecule has 2 amide bonds. The molecular formula is C27H30N6O4. The Morgan fingerprint density at radius 1 is 1.19 bits per heavy atom. The number of carbonyl (C=O) groups excluding carboxylic acids is 2. The van der Waals surface area contributed by atoms with E-state index in [2.05, 4.69) is 38.1 Å². The summed E-state index contributed by atoms with van der Waals surface area (Å²) in [5, 5.41) is 5.90. The van der Waals surface area contributed by atoms with E-state index in [4.69, 9.17) is 15.2 Å². The second kappa shape index (κ2) is 11.5. The van der Waals surface area contributed by atoms with Crippen LogP contribution in [0.1, 0.15) is 28.7 Å². The molecule has 0 atom stereocenters. The Morgan fingerprint density at radius 3 is 2.65 bits per heavy atom. The molecule has 1 aromatic heterocycles. The maximum Gasteiger partial charge on any atom is 0.271 e. The average Bonchev–Trinajstić information content (AvgIpc) is 2.90. The lowest BCUT2D eigenvalue weighted by molar-refractivity contribution is -0.111. The first-order valence-electron chi connectivity index (χ1n) is 12.0. The summed E-state index contributed by atoms with van der Waals surface area (Å²) in [6.45, 7) is 10.4. The Bertz CT molecular complexity index is 1320. The van der Waals surface area contributed by atoms with Gasteiger partial charge in [-0.3, -0.25) is 9.59 Å². The lowest BCUT2D eigenvalue weighted by Crippen LogP contribution is -2.36. The van der Waals surface area contributed by atoms with Gasteiger partial charge in [0.2, 0.25) is 11.8 Å². The van der Waals surface area contributed by atoms with Crippen LogP contribution >= 0.6 is 0 Å². The number of nitrogens with zero attached hydrogens (tertiary/aromatic N) is 3. The SMILES string of the molecule is C=CC(=O)Nc1cccc(Oc2nc(Nc3ccc(N4CCOCC4)cc3C)c(C(N)=O)nc2CC)c1. The number of aromatic nitrogens is 2. The summed E-state index contributed by atoms with van der Waals surface area (Å²) in [5.41, 5.74) is 9.50. The van der Waals surface area contributed by atoms with E-state index in [0.29, 0.717) is 36.8 Å². The van der Waals surface area contributed by atoms with Crippen LogP contribution in [-0.4, -0.2) is 48.1 Å². The van der Waals surface area contributed by atoms with Crippen molar-refractivity contribution in [3.05, 3.63) is 72.1 Å². The van der Waals surface area contributed by atoms with Crippen molar-refractivity contribution in [1.82, 2.24) is 9.97 Å². The molecule has 10 nitrogen and oxygen atoms in total. The number of amides is 2. The van der Waals surface area contributed by atoms with Gasteiger partial charge < -0.3 is 30.7 Å². The monoisotopic (exact) mass is 502 g/mol. The predicted octanol–water partition coefficient (Wildman–Crippen LogP) is 3.94. The summed E-state index contributed by atoms with van der Waals surface area (Å²) in [6.07, 6.45) is 1.65. The van der Waals surface area contributed by atoms with Gasteiger partial charge in [-0.05, 0) is 55.3 Å². The van der Waals surface area contributed by atoms with Crippen molar-refractivity contribution in [3.63, 3.8) is 0 Å². The fraction of sp³-hybridized carbons (Fsp3) is 0.259. The zero-order valence-electron chi connectivity index (χ0n) is 20.9. The summed E-state index contributed by atoms with van der Waals surface area (Å²) in [5.74, 6) is -0.177. The van der Waals surface area contributed by atoms with Gasteiger partial charge >= 0.3 is 0 Å². The molecular weight excluding hydrogens is 472 g/mol. The summed E-state index contributed by atoms with van der Waals surface area (Å²) in [7, 11) is 0. The normalized spacial score (nSPS) is 13.1. The Kier molecular flexibility index (Phi) is 7.99. The third-order valence-corrected chi connectivity index (χ3v) is 5.84. The summed E-state index contributed by atoms with van der Waals surface area (Å²) < 4.78 is 11.5. The molecule has 2 heterocycles. The van der Waals surface area contributed by atoms with Crippen LogP contribution in [0.15, 0.2) is 55.1 Å². The molecule has 1 fully saturated rings. The Labute approximate surface area is 215 Å². The lowest BCUT2D eigenvalue weighted by Gasteiger charge is -2.29. The molecule has 192 valence electrons. The molecule has 3 aromatic rings. The predicted molar refractivity (Wildman–Crippen MR) is 143 cm³/mol. The van der Waals surface area contributed by atoms with Gasteiger partial charge in [0, 0.05) is 36.2 Å². The van der Waals surface area contributed by atoms with Crippen LogP contribution in [0.2, 0.25) is 0 Å². The van der Waals surface area contributed by atoms with Crippen LogP contribution in [0.4, 0.5) is 22.9 Å². The number of nitrogens with two attached hydrogens (primary N) is 1. The summed E-state index contributed by atoms with van der Waals surface area (Å²) >= 11 is 0. The number of benzene rings is 2. The first-order chi connectivity index (χ1) is 17.9. The molecule has 0 spiro atoms. The van der Waals surface area contributed by atoms with Crippen LogP contribution in [-0.2, 0) is 16.0 Å². The van der Waals surface area contributed by atoms with E-state index in [1.165, 1.54) is 6.08 Å². The Morgan fingerprint density at radius 2 is 1.97 bits per heavy atom. The second-order valence-electron chi connectivity index (χ2n) is 8.44. The molecule has 2 aromatic carbocycles. The quantitative estimate of drug-likeness (QED) is 0.375. The van der Waals surface area contributed by atoms with E-state index in [1.807, 2.05) is 26.0 Å². The lowest BCUT2D eigenvalue weighted by atomic mass is 10.1. The van der Waals surface area contributed by atoms with Crippen molar-refractivity contribution < 1.29 is 19.1 Å². The van der Waals surface area contributed by atoms with Crippen molar-refractivity contribution in [2.75, 3.05) is 41.8 Å². The first-order valence-corrected chi connectivity index (χ1v) is 12.0. The van der Waals surface area contributed by atoms with Crippen molar-refractivity contribution >= 4 is 34.7 Å². The van der Waals surface area contributed by atoms with Gasteiger partial charge in [0.15, 0.2) is 11.5 Å². The Hall–Kier alpha value is -4.44. The van der Waals surface area contributed by atoms with Crippen LogP contribution in [0, 0.1) is 6.92 Å². The number of hydrogen-bond acceptors (Lipinski definition) is 8. The van der Waals surface area contributed by atoms with E-state index in [-0.39, 0.29) is 23.3 Å². The molecule has 4 N–H and O–H groups in total. The molecule has 0 saturated carbocycles. The van der Waals surface area contributed by atoms with Crippen LogP contribution in [0.25, 0.3) is 0 Å². The highest BCUT2D eigenvalue weighted by Gasteiger charge is 2.20. The van der Waals surface area contributed by atoms with E-state index in [0.717, 1.165) is 30.0 Å². The maximum absolute atomic E-state index is 12.2. The number of aryl methyl sites for hydroxylation is 2. The summed E-state index contributed by atoms with van der Waals surface area (Å²) in [4.78, 5) is 35.2. The molecule has 4 rings (SSSR count). The number of anilines is 4. The fourth-order valence-electron chi connectivity index (χ4n) is 3.90. The van der Waals surface area contributed by atoms with E-state index < -0.39 is 5.91 Å². The molecule has 1 aliphatic rings. The van der Waals surface area contributed by atoms with Gasteiger partial charge in [-0.15, -0.1) is 0 Å². The molecule has 0 aliphatic carbocycles. The highest BCUT2D eigenvalue weighted by molar-refractivity contribution is 5.99. The standard InChI is InChI=1S/C27H30N6O4/c1-4-21-27(37-20-8-6-7-18(16-20)29-23(34)5-2)32-26(24(30-21)25(28)35)31-22-10-9-19(15-17(22)3)33-11-13-36-14-12-33/h5-10,15-16H,2,4,11-14H2,1,3H3,(H2,28,35)(H,29,34)(H,31,32). The third-order valence-electron chi connectivity index (χ3n) is 5.84. The number of primary amides is 1. The largest absolute Gasteiger partial charge is 0.437 e. The molecule has 0 radical (unpaired) electrons. The number of rotatable bonds is 9. The third kappa shape index (κ3) is 6.22. The molecule has 1 aliphatic heterocycles. The second-order valence-corrected chi connectivity index (χ2v) is 8.44. The molecule has 37 heavy (non-hydrogen) atoms. The number of hydrogen-bond donors (Lipinski definition) is 3. The Balaban J connectivity index is 1.64. The average molecular weight is 503 g/mol. The minimum atomic E-state index is -0.701. The molecule has 0 unspecified atom stereocenters. The van der Waals surface area contributed by atoms with Crippen LogP contribution in [0.5, 0.6) is 11.6 Å². The highest BCUT2D eigenvalue weighted by Crippen LogP contribution is 2.31. The van der Waals surface area contributed by atoms with E-state index in [1.54, 1.807) is 24.3 Å². The maximum atomic E-state index is 12.2. The van der Waals surface area contributed by atoms with Crippen molar-refractivity contribution in [2.24, 2.45) is 5.73 Å². The smallest absolute Gasteiger partial charge is 0.271 e. The zero-order chi connectivity index (χ0) is 26.4. The topological polar surface area (TPSA) is 132 Å². The molecule has 10 heteroatoms. The molecule has 1 saturated heterocycles. The minimum absolute atomic E-state index is 0.0212. The van der Waals surface area contributed by atoms with Crippen molar-refractivity contribution in [3.8, 4) is 11.6 Å². The zero-order valence-corrected chi connectivity index (χ0v) is 20.9.